The summed E-state index contributed by atoms with van der Waals surface area (Å²) in [7, 11) is 0. The number of epoxide rings is 3. The van der Waals surface area contributed by atoms with Gasteiger partial charge in [-0.15, -0.1) is 0 Å². The van der Waals surface area contributed by atoms with Gasteiger partial charge in [0.05, 0.1) is 32.5 Å². The van der Waals surface area contributed by atoms with Crippen molar-refractivity contribution in [1.82, 2.24) is 0 Å². The van der Waals surface area contributed by atoms with Crippen molar-refractivity contribution in [1.29, 1.82) is 0 Å². The molecule has 0 bridgehead atoms. The van der Waals surface area contributed by atoms with Gasteiger partial charge in [0.25, 0.3) is 0 Å². The molecule has 7 heteroatoms. The van der Waals surface area contributed by atoms with Crippen LogP contribution in [-0.2, 0) is 31.8 Å². The van der Waals surface area contributed by atoms with E-state index in [0.29, 0.717) is 25.7 Å². The normalized spacial score (nSPS) is 24.2. The molecular formula is C34H34O7. The van der Waals surface area contributed by atoms with E-state index in [1.54, 1.807) is 0 Å². The van der Waals surface area contributed by atoms with E-state index in [4.69, 9.17) is 33.2 Å². The third-order valence-corrected chi connectivity index (χ3v) is 8.35. The number of hydrogen-bond acceptors (Lipinski definition) is 7. The summed E-state index contributed by atoms with van der Waals surface area (Å²) < 4.78 is 40.6. The number of aryl methyl sites for hydroxylation is 1. The number of benzene rings is 4. The van der Waals surface area contributed by atoms with Crippen LogP contribution in [0, 0.1) is 0 Å². The summed E-state index contributed by atoms with van der Waals surface area (Å²) in [5, 5.41) is 4.68. The quantitative estimate of drug-likeness (QED) is 0.199. The molecule has 4 aromatic rings. The number of fused-ring (bicyclic) bond motifs is 2. The van der Waals surface area contributed by atoms with Gasteiger partial charge in [-0.1, -0.05) is 30.3 Å². The molecule has 0 amide bonds. The topological polar surface area (TPSA) is 74.5 Å². The van der Waals surface area contributed by atoms with Gasteiger partial charge in [0.15, 0.2) is 0 Å². The first-order valence-electron chi connectivity index (χ1n) is 14.7. The molecule has 4 aromatic carbocycles. The minimum atomic E-state index is -0.207. The fraction of sp³-hybridized carbons (Fsp3) is 0.412. The summed E-state index contributed by atoms with van der Waals surface area (Å²) in [6, 6.07) is 21.4. The van der Waals surface area contributed by atoms with E-state index in [9.17, 15) is 0 Å². The van der Waals surface area contributed by atoms with Crippen LogP contribution < -0.4 is 14.2 Å². The van der Waals surface area contributed by atoms with Gasteiger partial charge in [-0.3, -0.25) is 0 Å². The third-order valence-electron chi connectivity index (χ3n) is 8.35. The molecule has 4 aliphatic rings. The summed E-state index contributed by atoms with van der Waals surface area (Å²) in [6.07, 6.45) is 4.16. The molecule has 8 rings (SSSR count). The number of hydrogen-bond donors (Lipinski definition) is 0. The van der Waals surface area contributed by atoms with Crippen LogP contribution in [0.2, 0.25) is 0 Å². The molecule has 212 valence electrons. The maximum atomic E-state index is 6.42. The minimum Gasteiger partial charge on any atom is -0.491 e. The zero-order valence-corrected chi connectivity index (χ0v) is 23.0. The predicted octanol–water partition coefficient (Wildman–Crippen LogP) is 5.60. The summed E-state index contributed by atoms with van der Waals surface area (Å²) in [5.74, 6) is 2.57. The molecular weight excluding hydrogens is 520 g/mol. The first kappa shape index (κ1) is 25.4. The second-order valence-electron chi connectivity index (χ2n) is 11.4. The lowest BCUT2D eigenvalue weighted by Crippen LogP contribution is -2.32. The highest BCUT2D eigenvalue weighted by atomic mass is 16.7. The van der Waals surface area contributed by atoms with E-state index in [2.05, 4.69) is 54.6 Å². The average molecular weight is 555 g/mol. The summed E-state index contributed by atoms with van der Waals surface area (Å²) in [6.45, 7) is 4.30. The molecule has 0 saturated carbocycles. The fourth-order valence-corrected chi connectivity index (χ4v) is 5.55. The highest BCUT2D eigenvalue weighted by Gasteiger charge is 2.26. The Balaban J connectivity index is 1.22. The molecule has 0 radical (unpaired) electrons. The second-order valence-corrected chi connectivity index (χ2v) is 11.4. The van der Waals surface area contributed by atoms with Crippen LogP contribution in [0.5, 0.6) is 17.2 Å². The first-order chi connectivity index (χ1) is 20.2. The van der Waals surface area contributed by atoms with Crippen LogP contribution >= 0.6 is 0 Å². The predicted molar refractivity (Wildman–Crippen MR) is 154 cm³/mol. The molecule has 7 nitrogen and oxygen atoms in total. The Morgan fingerprint density at radius 3 is 1.83 bits per heavy atom. The molecule has 4 saturated heterocycles. The van der Waals surface area contributed by atoms with Crippen LogP contribution in [0.1, 0.15) is 29.5 Å². The van der Waals surface area contributed by atoms with E-state index in [1.165, 1.54) is 21.9 Å². The molecule has 0 aliphatic carbocycles. The van der Waals surface area contributed by atoms with Crippen molar-refractivity contribution in [2.45, 2.75) is 50.3 Å². The molecule has 4 fully saturated rings. The van der Waals surface area contributed by atoms with Gasteiger partial charge in [0, 0.05) is 18.4 Å². The first-order valence-corrected chi connectivity index (χ1v) is 14.7. The number of rotatable bonds is 13. The van der Waals surface area contributed by atoms with Gasteiger partial charge < -0.3 is 33.2 Å². The van der Waals surface area contributed by atoms with Gasteiger partial charge in [-0.2, -0.15) is 0 Å². The van der Waals surface area contributed by atoms with Gasteiger partial charge >= 0.3 is 0 Å². The van der Waals surface area contributed by atoms with Gasteiger partial charge in [-0.25, -0.2) is 0 Å². The maximum absolute atomic E-state index is 6.42. The summed E-state index contributed by atoms with van der Waals surface area (Å²) >= 11 is 0. The Labute approximate surface area is 239 Å². The van der Waals surface area contributed by atoms with E-state index in [-0.39, 0.29) is 18.5 Å². The Morgan fingerprint density at radius 2 is 1.24 bits per heavy atom. The number of ether oxygens (including phenoxy) is 7. The molecule has 0 aromatic heterocycles. The largest absolute Gasteiger partial charge is 0.491 e. The van der Waals surface area contributed by atoms with Crippen LogP contribution in [0.4, 0.5) is 0 Å². The highest BCUT2D eigenvalue weighted by molar-refractivity contribution is 5.92. The third kappa shape index (κ3) is 5.86. The van der Waals surface area contributed by atoms with E-state index >= 15 is 0 Å². The van der Waals surface area contributed by atoms with E-state index < -0.39 is 0 Å². The van der Waals surface area contributed by atoms with Crippen LogP contribution in [0.25, 0.3) is 21.5 Å². The highest BCUT2D eigenvalue weighted by Crippen LogP contribution is 2.38. The van der Waals surface area contributed by atoms with Crippen LogP contribution in [0.15, 0.2) is 60.7 Å². The molecule has 4 aliphatic heterocycles. The SMILES string of the molecule is c1cc2ccc(CCC3CO3)c(Cc3c(OC4CCO4)ccc4ccc(OCC5CO5)cc34)c2cc1OCC1CO1. The summed E-state index contributed by atoms with van der Waals surface area (Å²) in [5.41, 5.74) is 3.76. The Bertz CT molecular complexity index is 1560. The lowest BCUT2D eigenvalue weighted by atomic mass is 9.89. The van der Waals surface area contributed by atoms with E-state index in [0.717, 1.165) is 79.3 Å². The van der Waals surface area contributed by atoms with Crippen molar-refractivity contribution in [2.24, 2.45) is 0 Å². The fourth-order valence-electron chi connectivity index (χ4n) is 5.55. The van der Waals surface area contributed by atoms with Gasteiger partial charge in [0.2, 0.25) is 6.29 Å². The second kappa shape index (κ2) is 10.8. The van der Waals surface area contributed by atoms with Crippen molar-refractivity contribution >= 4 is 21.5 Å². The molecule has 4 unspecified atom stereocenters. The average Bonchev–Trinajstić information content (AvgIpc) is 3.82. The van der Waals surface area contributed by atoms with Crippen molar-refractivity contribution in [2.75, 3.05) is 39.6 Å². The molecule has 4 atom stereocenters. The minimum absolute atomic E-state index is 0.201. The Morgan fingerprint density at radius 1 is 0.659 bits per heavy atom. The maximum Gasteiger partial charge on any atom is 0.202 e. The molecule has 0 N–H and O–H groups in total. The van der Waals surface area contributed by atoms with Crippen molar-refractivity contribution in [3.05, 3.63) is 77.4 Å². The zero-order chi connectivity index (χ0) is 27.2. The lowest BCUT2D eigenvalue weighted by Gasteiger charge is -2.28. The molecule has 0 spiro atoms. The van der Waals surface area contributed by atoms with Crippen molar-refractivity contribution in [3.63, 3.8) is 0 Å². The standard InChI is InChI=1S/C34H34O7/c1-2-22(5-9-26-16-38-26)31(29-13-24(7-3-21(1)29)36-17-27-19-39-27)15-32-30-14-25(37-18-28-20-40-28)8-4-23(30)6-10-33(32)41-34-11-12-35-34/h1-4,6-8,10,13-14,26-28,34H,5,9,11-12,15-20H2. The molecule has 4 heterocycles. The van der Waals surface area contributed by atoms with Crippen LogP contribution in [-0.4, -0.2) is 64.2 Å². The van der Waals surface area contributed by atoms with Crippen molar-refractivity contribution in [3.8, 4) is 17.2 Å². The summed E-state index contributed by atoms with van der Waals surface area (Å²) in [4.78, 5) is 0. The van der Waals surface area contributed by atoms with Crippen LogP contribution in [0.3, 0.4) is 0 Å². The van der Waals surface area contributed by atoms with Gasteiger partial charge in [0.1, 0.15) is 42.7 Å². The molecule has 41 heavy (non-hydrogen) atoms. The monoisotopic (exact) mass is 554 g/mol. The smallest absolute Gasteiger partial charge is 0.202 e. The van der Waals surface area contributed by atoms with E-state index in [1.807, 2.05) is 6.07 Å². The lowest BCUT2D eigenvalue weighted by molar-refractivity contribution is -0.165. The zero-order valence-electron chi connectivity index (χ0n) is 23.0. The van der Waals surface area contributed by atoms with Crippen molar-refractivity contribution < 1.29 is 33.2 Å². The Hall–Kier alpha value is -3.36. The Kier molecular flexibility index (Phi) is 6.68. The van der Waals surface area contributed by atoms with Gasteiger partial charge in [-0.05, 0) is 75.8 Å².